The van der Waals surface area contributed by atoms with Gasteiger partial charge in [-0.25, -0.2) is 8.78 Å². The molecular formula is C23H17F5N2O2. The maximum atomic E-state index is 14.2. The highest BCUT2D eigenvalue weighted by molar-refractivity contribution is 5.64. The summed E-state index contributed by atoms with van der Waals surface area (Å²) >= 11 is 0. The van der Waals surface area contributed by atoms with Gasteiger partial charge in [0.2, 0.25) is 0 Å². The van der Waals surface area contributed by atoms with Crippen LogP contribution in [0, 0.1) is 11.3 Å². The Morgan fingerprint density at radius 3 is 2.28 bits per heavy atom. The zero-order valence-electron chi connectivity index (χ0n) is 16.8. The van der Waals surface area contributed by atoms with Crippen LogP contribution in [0.3, 0.4) is 0 Å². The summed E-state index contributed by atoms with van der Waals surface area (Å²) < 4.78 is 71.9. The lowest BCUT2D eigenvalue weighted by Gasteiger charge is -2.19. The molecule has 0 bridgehead atoms. The van der Waals surface area contributed by atoms with Crippen LogP contribution < -0.4 is 10.3 Å². The molecule has 9 heteroatoms. The van der Waals surface area contributed by atoms with E-state index in [0.717, 1.165) is 10.6 Å². The number of pyridine rings is 1. The second-order valence-corrected chi connectivity index (χ2v) is 7.13. The number of halogens is 5. The molecule has 0 aliphatic carbocycles. The number of nitrogens with zero attached hydrogens (tertiary/aromatic N) is 2. The van der Waals surface area contributed by atoms with Gasteiger partial charge in [-0.1, -0.05) is 42.5 Å². The summed E-state index contributed by atoms with van der Waals surface area (Å²) in [6.45, 7) is -0.997. The van der Waals surface area contributed by atoms with Gasteiger partial charge in [0.1, 0.15) is 17.4 Å². The zero-order chi connectivity index (χ0) is 23.5. The third-order valence-corrected chi connectivity index (χ3v) is 4.60. The van der Waals surface area contributed by atoms with Gasteiger partial charge in [-0.15, -0.1) is 0 Å². The summed E-state index contributed by atoms with van der Waals surface area (Å²) in [5, 5.41) is 9.38. The Balaban J connectivity index is 2.20. The van der Waals surface area contributed by atoms with Crippen molar-refractivity contribution in [3.8, 4) is 23.1 Å². The van der Waals surface area contributed by atoms with Crippen LogP contribution in [0.4, 0.5) is 22.0 Å². The molecule has 3 rings (SSSR count). The Labute approximate surface area is 180 Å². The van der Waals surface area contributed by atoms with E-state index in [2.05, 4.69) is 0 Å². The highest BCUT2D eigenvalue weighted by Crippen LogP contribution is 2.33. The summed E-state index contributed by atoms with van der Waals surface area (Å²) in [5.74, 6) is -3.64. The van der Waals surface area contributed by atoms with E-state index in [4.69, 9.17) is 4.74 Å². The summed E-state index contributed by atoms with van der Waals surface area (Å²) in [6.07, 6.45) is -4.56. The molecule has 0 amide bonds. The van der Waals surface area contributed by atoms with Gasteiger partial charge in [0.15, 0.2) is 6.61 Å². The third kappa shape index (κ3) is 5.32. The minimum atomic E-state index is -4.56. The molecule has 0 N–H and O–H groups in total. The number of hydrogen-bond acceptors (Lipinski definition) is 3. The first kappa shape index (κ1) is 23.0. The highest BCUT2D eigenvalue weighted by atomic mass is 19.4. The molecule has 0 aliphatic heterocycles. The summed E-state index contributed by atoms with van der Waals surface area (Å²) in [7, 11) is 0. The standard InChI is InChI=1S/C23H17F5N2O2/c1-22(24,25)19-11-20(16-8-5-9-17(10-16)32-14-23(26,27)28)30(21(31)18(19)12-29)13-15-6-3-2-4-7-15/h2-11H,13-14H2,1H3. The zero-order valence-corrected chi connectivity index (χ0v) is 16.8. The summed E-state index contributed by atoms with van der Waals surface area (Å²) in [5.41, 5.74) is -1.50. The fraction of sp³-hybridized carbons (Fsp3) is 0.217. The molecule has 0 fully saturated rings. The van der Waals surface area contributed by atoms with Gasteiger partial charge in [0.05, 0.1) is 12.2 Å². The van der Waals surface area contributed by atoms with Crippen LogP contribution in [0.25, 0.3) is 11.3 Å². The van der Waals surface area contributed by atoms with Crippen LogP contribution in [-0.2, 0) is 12.5 Å². The van der Waals surface area contributed by atoms with Crippen molar-refractivity contribution in [3.63, 3.8) is 0 Å². The molecule has 4 nitrogen and oxygen atoms in total. The molecule has 2 aromatic carbocycles. The van der Waals surface area contributed by atoms with Crippen molar-refractivity contribution >= 4 is 0 Å². The second kappa shape index (κ2) is 8.83. The van der Waals surface area contributed by atoms with Crippen molar-refractivity contribution < 1.29 is 26.7 Å². The molecule has 3 aromatic rings. The Bertz CT molecular complexity index is 1210. The molecule has 166 valence electrons. The molecule has 0 saturated carbocycles. The van der Waals surface area contributed by atoms with Gasteiger partial charge in [-0.2, -0.15) is 18.4 Å². The third-order valence-electron chi connectivity index (χ3n) is 4.60. The smallest absolute Gasteiger partial charge is 0.422 e. The van der Waals surface area contributed by atoms with Crippen LogP contribution in [0.2, 0.25) is 0 Å². The number of benzene rings is 2. The van der Waals surface area contributed by atoms with Crippen molar-refractivity contribution in [2.45, 2.75) is 25.6 Å². The van der Waals surface area contributed by atoms with Crippen LogP contribution in [0.5, 0.6) is 5.75 Å². The van der Waals surface area contributed by atoms with E-state index in [1.807, 2.05) is 0 Å². The predicted octanol–water partition coefficient (Wildman–Crippen LogP) is 5.49. The molecule has 1 aromatic heterocycles. The highest BCUT2D eigenvalue weighted by Gasteiger charge is 2.32. The van der Waals surface area contributed by atoms with Crippen molar-refractivity contribution in [1.82, 2.24) is 4.57 Å². The average molecular weight is 448 g/mol. The largest absolute Gasteiger partial charge is 0.484 e. The first-order valence-electron chi connectivity index (χ1n) is 9.40. The van der Waals surface area contributed by atoms with Crippen LogP contribution in [0.15, 0.2) is 65.5 Å². The topological polar surface area (TPSA) is 55.0 Å². The van der Waals surface area contributed by atoms with Gasteiger partial charge < -0.3 is 9.30 Å². The van der Waals surface area contributed by atoms with E-state index < -0.39 is 35.4 Å². The fourth-order valence-electron chi connectivity index (χ4n) is 3.17. The van der Waals surface area contributed by atoms with Crippen molar-refractivity contribution in [2.24, 2.45) is 0 Å². The van der Waals surface area contributed by atoms with E-state index in [1.54, 1.807) is 36.4 Å². The van der Waals surface area contributed by atoms with Crippen LogP contribution in [-0.4, -0.2) is 17.4 Å². The van der Waals surface area contributed by atoms with Gasteiger partial charge >= 0.3 is 6.18 Å². The van der Waals surface area contributed by atoms with Crippen molar-refractivity contribution in [2.75, 3.05) is 6.61 Å². The molecule has 0 saturated heterocycles. The van der Waals surface area contributed by atoms with E-state index >= 15 is 0 Å². The molecule has 32 heavy (non-hydrogen) atoms. The Morgan fingerprint density at radius 2 is 1.69 bits per heavy atom. The maximum Gasteiger partial charge on any atom is 0.422 e. The molecule has 0 aliphatic rings. The SMILES string of the molecule is CC(F)(F)c1cc(-c2cccc(OCC(F)(F)F)c2)n(Cc2ccccc2)c(=O)c1C#N. The van der Waals surface area contributed by atoms with E-state index in [0.29, 0.717) is 12.5 Å². The van der Waals surface area contributed by atoms with E-state index in [9.17, 15) is 32.0 Å². The van der Waals surface area contributed by atoms with Crippen LogP contribution in [0.1, 0.15) is 23.6 Å². The second-order valence-electron chi connectivity index (χ2n) is 7.13. The lowest BCUT2D eigenvalue weighted by molar-refractivity contribution is -0.153. The predicted molar refractivity (Wildman–Crippen MR) is 108 cm³/mol. The first-order chi connectivity index (χ1) is 15.0. The number of ether oxygens (including phenoxy) is 1. The maximum absolute atomic E-state index is 14.2. The average Bonchev–Trinajstić information content (AvgIpc) is 2.73. The van der Waals surface area contributed by atoms with E-state index in [1.165, 1.54) is 24.3 Å². The quantitative estimate of drug-likeness (QED) is 0.469. The Morgan fingerprint density at radius 1 is 1.00 bits per heavy atom. The summed E-state index contributed by atoms with van der Waals surface area (Å²) in [6, 6.07) is 16.6. The molecular weight excluding hydrogens is 431 g/mol. The van der Waals surface area contributed by atoms with Crippen LogP contribution >= 0.6 is 0 Å². The molecule has 0 radical (unpaired) electrons. The van der Waals surface area contributed by atoms with Gasteiger partial charge in [0, 0.05) is 18.1 Å². The normalized spacial score (nSPS) is 11.8. The molecule has 0 unspecified atom stereocenters. The van der Waals surface area contributed by atoms with E-state index in [-0.39, 0.29) is 23.6 Å². The van der Waals surface area contributed by atoms with Gasteiger partial charge in [-0.05, 0) is 23.8 Å². The molecule has 0 atom stereocenters. The molecule has 1 heterocycles. The Hall–Kier alpha value is -3.67. The lowest BCUT2D eigenvalue weighted by Crippen LogP contribution is -2.29. The monoisotopic (exact) mass is 448 g/mol. The fourth-order valence-corrected chi connectivity index (χ4v) is 3.17. The molecule has 0 spiro atoms. The van der Waals surface area contributed by atoms with Gasteiger partial charge in [0.25, 0.3) is 11.5 Å². The number of hydrogen-bond donors (Lipinski definition) is 0. The number of aromatic nitrogens is 1. The Kier molecular flexibility index (Phi) is 6.35. The minimum Gasteiger partial charge on any atom is -0.484 e. The number of rotatable bonds is 6. The number of alkyl halides is 5. The van der Waals surface area contributed by atoms with Crippen molar-refractivity contribution in [3.05, 3.63) is 87.7 Å². The van der Waals surface area contributed by atoms with Gasteiger partial charge in [-0.3, -0.25) is 4.79 Å². The summed E-state index contributed by atoms with van der Waals surface area (Å²) in [4.78, 5) is 13.0. The number of nitriles is 1. The first-order valence-corrected chi connectivity index (χ1v) is 9.40. The van der Waals surface area contributed by atoms with Crippen molar-refractivity contribution in [1.29, 1.82) is 5.26 Å². The minimum absolute atomic E-state index is 0.0202. The lowest BCUT2D eigenvalue weighted by atomic mass is 10.00.